The van der Waals surface area contributed by atoms with Crippen LogP contribution in [0.2, 0.25) is 0 Å². The summed E-state index contributed by atoms with van der Waals surface area (Å²) in [5, 5.41) is 0. The van der Waals surface area contributed by atoms with Gasteiger partial charge in [0.1, 0.15) is 6.10 Å². The summed E-state index contributed by atoms with van der Waals surface area (Å²) in [6.07, 6.45) is 2.04. The first-order valence-electron chi connectivity index (χ1n) is 5.20. The van der Waals surface area contributed by atoms with Crippen LogP contribution >= 0.6 is 0 Å². The van der Waals surface area contributed by atoms with Crippen LogP contribution in [0.3, 0.4) is 0 Å². The van der Waals surface area contributed by atoms with E-state index in [1.165, 1.54) is 0 Å². The van der Waals surface area contributed by atoms with Gasteiger partial charge in [-0.05, 0) is 25.7 Å². The van der Waals surface area contributed by atoms with Gasteiger partial charge in [-0.25, -0.2) is 20.2 Å². The largest absolute Gasteiger partial charge is 0.373 e. The van der Waals surface area contributed by atoms with Crippen LogP contribution in [0.4, 0.5) is 10.2 Å². The number of anilines is 1. The molecule has 3 N–H and O–H groups in total. The Hall–Kier alpha value is -1.27. The van der Waals surface area contributed by atoms with Crippen LogP contribution in [-0.2, 0) is 4.74 Å². The highest BCUT2D eigenvalue weighted by Crippen LogP contribution is 2.42. The number of hydrazine groups is 1. The first kappa shape index (κ1) is 11.2. The van der Waals surface area contributed by atoms with Gasteiger partial charge in [-0.2, -0.15) is 0 Å². The highest BCUT2D eigenvalue weighted by molar-refractivity contribution is 5.36. The zero-order valence-corrected chi connectivity index (χ0v) is 9.33. The monoisotopic (exact) mass is 226 g/mol. The Morgan fingerprint density at radius 2 is 2.19 bits per heavy atom. The molecule has 0 bridgehead atoms. The lowest BCUT2D eigenvalue weighted by Gasteiger charge is -2.14. The van der Waals surface area contributed by atoms with E-state index >= 15 is 0 Å². The molecule has 1 atom stereocenters. The molecule has 0 amide bonds. The van der Waals surface area contributed by atoms with Crippen LogP contribution in [0, 0.1) is 18.7 Å². The van der Waals surface area contributed by atoms with Gasteiger partial charge in [0, 0.05) is 7.11 Å². The molecule has 0 radical (unpaired) electrons. The van der Waals surface area contributed by atoms with Crippen molar-refractivity contribution in [2.45, 2.75) is 25.9 Å². The number of aryl methyl sites for hydroxylation is 1. The number of hydrogen-bond donors (Lipinski definition) is 2. The second-order valence-electron chi connectivity index (χ2n) is 3.97. The Morgan fingerprint density at radius 3 is 2.69 bits per heavy atom. The summed E-state index contributed by atoms with van der Waals surface area (Å²) in [6.45, 7) is 1.58. The maximum Gasteiger partial charge on any atom is 0.187 e. The third-order valence-corrected chi connectivity index (χ3v) is 2.73. The smallest absolute Gasteiger partial charge is 0.187 e. The molecule has 1 saturated carbocycles. The average Bonchev–Trinajstić information content (AvgIpc) is 3.08. The maximum absolute atomic E-state index is 13.5. The first-order valence-corrected chi connectivity index (χ1v) is 5.20. The fraction of sp³-hybridized carbons (Fsp3) is 0.600. The Morgan fingerprint density at radius 1 is 1.50 bits per heavy atom. The Labute approximate surface area is 93.2 Å². The molecule has 5 nitrogen and oxygen atoms in total. The lowest BCUT2D eigenvalue weighted by molar-refractivity contribution is 0.0770. The van der Waals surface area contributed by atoms with Gasteiger partial charge >= 0.3 is 0 Å². The molecule has 0 saturated heterocycles. The molecule has 6 heteroatoms. The predicted molar refractivity (Wildman–Crippen MR) is 57.0 cm³/mol. The van der Waals surface area contributed by atoms with Crippen LogP contribution < -0.4 is 11.3 Å². The van der Waals surface area contributed by atoms with Crippen molar-refractivity contribution >= 4 is 5.82 Å². The SMILES string of the molecule is COC(c1nc(C)c(F)c(NN)n1)C1CC1. The highest BCUT2D eigenvalue weighted by atomic mass is 19.1. The van der Waals surface area contributed by atoms with Gasteiger partial charge in [-0.3, -0.25) is 0 Å². The summed E-state index contributed by atoms with van der Waals surface area (Å²) >= 11 is 0. The highest BCUT2D eigenvalue weighted by Gasteiger charge is 2.35. The number of rotatable bonds is 4. The van der Waals surface area contributed by atoms with E-state index in [1.807, 2.05) is 0 Å². The number of nitrogen functional groups attached to an aromatic ring is 1. The molecular formula is C10H15FN4O. The number of methoxy groups -OCH3 is 1. The Bertz CT molecular complexity index is 395. The standard InChI is InChI=1S/C10H15FN4O/c1-5-7(11)9(15-12)14-10(13-5)8(16-2)6-3-4-6/h6,8H,3-4,12H2,1-2H3,(H,13,14,15). The van der Waals surface area contributed by atoms with Crippen molar-refractivity contribution in [1.82, 2.24) is 9.97 Å². The molecule has 0 aromatic carbocycles. The van der Waals surface area contributed by atoms with E-state index in [1.54, 1.807) is 14.0 Å². The van der Waals surface area contributed by atoms with Crippen LogP contribution in [0.25, 0.3) is 0 Å². The van der Waals surface area contributed by atoms with E-state index in [4.69, 9.17) is 10.6 Å². The third kappa shape index (κ3) is 1.98. The van der Waals surface area contributed by atoms with E-state index in [2.05, 4.69) is 15.4 Å². The molecule has 88 valence electrons. The Balaban J connectivity index is 2.36. The summed E-state index contributed by atoms with van der Waals surface area (Å²) in [6, 6.07) is 0. The number of ether oxygens (including phenoxy) is 1. The van der Waals surface area contributed by atoms with Gasteiger partial charge in [0.05, 0.1) is 5.69 Å². The zero-order chi connectivity index (χ0) is 11.7. The van der Waals surface area contributed by atoms with E-state index in [9.17, 15) is 4.39 Å². The second-order valence-corrected chi connectivity index (χ2v) is 3.97. The molecule has 1 aromatic heterocycles. The van der Waals surface area contributed by atoms with Crippen molar-refractivity contribution in [2.24, 2.45) is 11.8 Å². The lowest BCUT2D eigenvalue weighted by Crippen LogP contribution is -2.17. The zero-order valence-electron chi connectivity index (χ0n) is 9.33. The minimum atomic E-state index is -0.517. The van der Waals surface area contributed by atoms with Gasteiger partial charge in [0.15, 0.2) is 17.5 Å². The minimum Gasteiger partial charge on any atom is -0.373 e. The molecule has 1 aliphatic rings. The van der Waals surface area contributed by atoms with Gasteiger partial charge in [0.2, 0.25) is 0 Å². The number of aromatic nitrogens is 2. The van der Waals surface area contributed by atoms with Crippen molar-refractivity contribution in [3.05, 3.63) is 17.3 Å². The number of nitrogens with zero attached hydrogens (tertiary/aromatic N) is 2. The number of nitrogens with one attached hydrogen (secondary N) is 1. The van der Waals surface area contributed by atoms with Crippen LogP contribution in [0.15, 0.2) is 0 Å². The summed E-state index contributed by atoms with van der Waals surface area (Å²) in [7, 11) is 1.61. The Kier molecular flexibility index (Phi) is 3.02. The fourth-order valence-corrected chi connectivity index (χ4v) is 1.71. The molecule has 2 rings (SSSR count). The molecule has 0 spiro atoms. The van der Waals surface area contributed by atoms with Crippen LogP contribution in [0.1, 0.15) is 30.5 Å². The summed E-state index contributed by atoms with van der Waals surface area (Å²) < 4.78 is 18.8. The molecule has 1 unspecified atom stereocenters. The van der Waals surface area contributed by atoms with E-state index < -0.39 is 5.82 Å². The lowest BCUT2D eigenvalue weighted by atomic mass is 10.2. The van der Waals surface area contributed by atoms with Gasteiger partial charge in [0.25, 0.3) is 0 Å². The minimum absolute atomic E-state index is 0.0187. The van der Waals surface area contributed by atoms with E-state index in [0.717, 1.165) is 12.8 Å². The molecule has 1 fully saturated rings. The summed E-state index contributed by atoms with van der Waals surface area (Å²) in [5.41, 5.74) is 2.51. The van der Waals surface area contributed by atoms with Crippen molar-refractivity contribution in [3.8, 4) is 0 Å². The molecule has 1 aliphatic carbocycles. The van der Waals surface area contributed by atoms with Crippen molar-refractivity contribution in [1.29, 1.82) is 0 Å². The predicted octanol–water partition coefficient (Wildman–Crippen LogP) is 1.31. The summed E-state index contributed by atoms with van der Waals surface area (Å²) in [4.78, 5) is 8.14. The molecule has 16 heavy (non-hydrogen) atoms. The fourth-order valence-electron chi connectivity index (χ4n) is 1.71. The molecule has 1 heterocycles. The normalized spacial score (nSPS) is 17.2. The number of nitrogens with two attached hydrogens (primary N) is 1. The van der Waals surface area contributed by atoms with Crippen molar-refractivity contribution in [2.75, 3.05) is 12.5 Å². The topological polar surface area (TPSA) is 73.1 Å². The van der Waals surface area contributed by atoms with Gasteiger partial charge in [-0.1, -0.05) is 0 Å². The average molecular weight is 226 g/mol. The third-order valence-electron chi connectivity index (χ3n) is 2.73. The molecule has 0 aliphatic heterocycles. The summed E-state index contributed by atoms with van der Waals surface area (Å²) in [5.74, 6) is 5.64. The number of halogens is 1. The quantitative estimate of drug-likeness (QED) is 0.598. The molecule has 1 aromatic rings. The molecular weight excluding hydrogens is 211 g/mol. The van der Waals surface area contributed by atoms with Crippen LogP contribution in [-0.4, -0.2) is 17.1 Å². The maximum atomic E-state index is 13.5. The van der Waals surface area contributed by atoms with E-state index in [-0.39, 0.29) is 17.6 Å². The van der Waals surface area contributed by atoms with Crippen LogP contribution in [0.5, 0.6) is 0 Å². The van der Waals surface area contributed by atoms with Gasteiger partial charge in [-0.15, -0.1) is 0 Å². The van der Waals surface area contributed by atoms with Crippen molar-refractivity contribution in [3.63, 3.8) is 0 Å². The number of hydrogen-bond acceptors (Lipinski definition) is 5. The van der Waals surface area contributed by atoms with Gasteiger partial charge < -0.3 is 10.2 Å². The second kappa shape index (κ2) is 4.31. The van der Waals surface area contributed by atoms with Crippen molar-refractivity contribution < 1.29 is 9.13 Å². The van der Waals surface area contributed by atoms with E-state index in [0.29, 0.717) is 11.7 Å². The first-order chi connectivity index (χ1) is 7.67.